The Bertz CT molecular complexity index is 743. The summed E-state index contributed by atoms with van der Waals surface area (Å²) in [6.45, 7) is 0. The first kappa shape index (κ1) is 15.4. The molecule has 0 aliphatic rings. The number of rotatable bonds is 5. The van der Waals surface area contributed by atoms with Crippen molar-refractivity contribution < 1.29 is 13.2 Å². The van der Waals surface area contributed by atoms with Crippen LogP contribution in [0.5, 0.6) is 5.75 Å². The average Bonchev–Trinajstić information content (AvgIpc) is 2.46. The van der Waals surface area contributed by atoms with Crippen molar-refractivity contribution in [3.63, 3.8) is 0 Å². The third kappa shape index (κ3) is 4.51. The van der Waals surface area contributed by atoms with Crippen LogP contribution in [0.1, 0.15) is 5.56 Å². The molecule has 0 unspecified atom stereocenters. The zero-order chi connectivity index (χ0) is 15.3. The second-order valence-electron chi connectivity index (χ2n) is 4.21. The van der Waals surface area contributed by atoms with Crippen LogP contribution in [-0.4, -0.2) is 15.5 Å². The number of benzene rings is 2. The molecule has 110 valence electrons. The van der Waals surface area contributed by atoms with Crippen LogP contribution in [0.4, 0.5) is 5.69 Å². The third-order valence-corrected chi connectivity index (χ3v) is 3.96. The fourth-order valence-electron chi connectivity index (χ4n) is 1.66. The molecule has 1 N–H and O–H groups in total. The molecule has 4 nitrogen and oxygen atoms in total. The summed E-state index contributed by atoms with van der Waals surface area (Å²) >= 11 is 5.95. The van der Waals surface area contributed by atoms with Gasteiger partial charge >= 0.3 is 0 Å². The topological polar surface area (TPSA) is 55.4 Å². The SMILES string of the molecule is COc1ccc(NS(=O)(=O)C=Cc2ccccc2)cc1Cl. The van der Waals surface area contributed by atoms with Gasteiger partial charge in [0, 0.05) is 0 Å². The molecule has 0 aliphatic heterocycles. The molecule has 2 rings (SSSR count). The van der Waals surface area contributed by atoms with Gasteiger partial charge in [-0.15, -0.1) is 0 Å². The molecule has 0 aromatic heterocycles. The van der Waals surface area contributed by atoms with E-state index in [0.29, 0.717) is 16.5 Å². The number of halogens is 1. The van der Waals surface area contributed by atoms with E-state index in [-0.39, 0.29) is 0 Å². The summed E-state index contributed by atoms with van der Waals surface area (Å²) in [5.74, 6) is 0.486. The van der Waals surface area contributed by atoms with Crippen LogP contribution >= 0.6 is 11.6 Å². The smallest absolute Gasteiger partial charge is 0.255 e. The first-order chi connectivity index (χ1) is 10.00. The van der Waals surface area contributed by atoms with Crippen LogP contribution in [0.2, 0.25) is 5.02 Å². The van der Waals surface area contributed by atoms with E-state index in [1.54, 1.807) is 12.1 Å². The first-order valence-corrected chi connectivity index (χ1v) is 8.02. The Kier molecular flexibility index (Phi) is 4.88. The minimum absolute atomic E-state index is 0.338. The van der Waals surface area contributed by atoms with Crippen LogP contribution in [0.15, 0.2) is 53.9 Å². The number of hydrogen-bond donors (Lipinski definition) is 1. The van der Waals surface area contributed by atoms with Gasteiger partial charge in [-0.2, -0.15) is 0 Å². The lowest BCUT2D eigenvalue weighted by Crippen LogP contribution is -2.08. The van der Waals surface area contributed by atoms with Gasteiger partial charge in [0.05, 0.1) is 23.2 Å². The number of hydrogen-bond acceptors (Lipinski definition) is 3. The van der Waals surface area contributed by atoms with Crippen LogP contribution in [-0.2, 0) is 10.0 Å². The van der Waals surface area contributed by atoms with E-state index < -0.39 is 10.0 Å². The molecule has 6 heteroatoms. The van der Waals surface area contributed by atoms with Crippen molar-refractivity contribution in [1.29, 1.82) is 0 Å². The lowest BCUT2D eigenvalue weighted by molar-refractivity contribution is 0.415. The van der Waals surface area contributed by atoms with E-state index >= 15 is 0 Å². The summed E-state index contributed by atoms with van der Waals surface area (Å²) in [4.78, 5) is 0. The van der Waals surface area contributed by atoms with E-state index in [4.69, 9.17) is 16.3 Å². The quantitative estimate of drug-likeness (QED) is 0.911. The summed E-state index contributed by atoms with van der Waals surface area (Å²) in [5, 5.41) is 1.45. The van der Waals surface area contributed by atoms with Crippen molar-refractivity contribution in [1.82, 2.24) is 0 Å². The van der Waals surface area contributed by atoms with E-state index in [1.807, 2.05) is 30.3 Å². The molecule has 21 heavy (non-hydrogen) atoms. The highest BCUT2D eigenvalue weighted by Gasteiger charge is 2.08. The highest BCUT2D eigenvalue weighted by Crippen LogP contribution is 2.27. The van der Waals surface area contributed by atoms with Crippen molar-refractivity contribution in [2.24, 2.45) is 0 Å². The summed E-state index contributed by atoms with van der Waals surface area (Å²) < 4.78 is 31.4. The van der Waals surface area contributed by atoms with Gasteiger partial charge in [-0.1, -0.05) is 41.9 Å². The maximum Gasteiger partial charge on any atom is 0.255 e. The molecule has 0 fully saturated rings. The molecule has 0 bridgehead atoms. The third-order valence-electron chi connectivity index (χ3n) is 2.65. The summed E-state index contributed by atoms with van der Waals surface area (Å²) in [7, 11) is -2.11. The van der Waals surface area contributed by atoms with E-state index in [2.05, 4.69) is 4.72 Å². The monoisotopic (exact) mass is 323 g/mol. The fraction of sp³-hybridized carbons (Fsp3) is 0.0667. The van der Waals surface area contributed by atoms with Gasteiger partial charge in [-0.3, -0.25) is 4.72 Å². The minimum atomic E-state index is -3.60. The highest BCUT2D eigenvalue weighted by atomic mass is 35.5. The molecule has 0 radical (unpaired) electrons. The van der Waals surface area contributed by atoms with Crippen molar-refractivity contribution in [2.45, 2.75) is 0 Å². The maximum absolute atomic E-state index is 12.0. The molecule has 0 saturated heterocycles. The number of ether oxygens (including phenoxy) is 1. The summed E-state index contributed by atoms with van der Waals surface area (Å²) in [6, 6.07) is 13.8. The Labute approximate surface area is 129 Å². The van der Waals surface area contributed by atoms with E-state index in [1.165, 1.54) is 19.3 Å². The standard InChI is InChI=1S/C15H14ClNO3S/c1-20-15-8-7-13(11-14(15)16)17-21(18,19)10-9-12-5-3-2-4-6-12/h2-11,17H,1H3. The van der Waals surface area contributed by atoms with Crippen LogP contribution in [0, 0.1) is 0 Å². The molecule has 0 aliphatic carbocycles. The van der Waals surface area contributed by atoms with Gasteiger partial charge in [-0.25, -0.2) is 8.42 Å². The Morgan fingerprint density at radius 2 is 1.86 bits per heavy atom. The molecule has 2 aromatic carbocycles. The fourth-order valence-corrected chi connectivity index (χ4v) is 2.78. The van der Waals surface area contributed by atoms with Crippen LogP contribution < -0.4 is 9.46 Å². The highest BCUT2D eigenvalue weighted by molar-refractivity contribution is 7.95. The molecular weight excluding hydrogens is 310 g/mol. The predicted molar refractivity (Wildman–Crippen MR) is 86.0 cm³/mol. The Balaban J connectivity index is 2.14. The Morgan fingerprint density at radius 1 is 1.14 bits per heavy atom. The number of sulfonamides is 1. The van der Waals surface area contributed by atoms with E-state index in [9.17, 15) is 8.42 Å². The molecular formula is C15H14ClNO3S. The van der Waals surface area contributed by atoms with Crippen molar-refractivity contribution >= 4 is 33.4 Å². The van der Waals surface area contributed by atoms with Crippen molar-refractivity contribution in [3.8, 4) is 5.75 Å². The lowest BCUT2D eigenvalue weighted by Gasteiger charge is -2.07. The maximum atomic E-state index is 12.0. The first-order valence-electron chi connectivity index (χ1n) is 6.10. The molecule has 0 spiro atoms. The zero-order valence-corrected chi connectivity index (χ0v) is 12.9. The summed E-state index contributed by atoms with van der Waals surface area (Å²) in [5.41, 5.74) is 1.18. The van der Waals surface area contributed by atoms with Gasteiger partial charge in [0.1, 0.15) is 5.75 Å². The van der Waals surface area contributed by atoms with Crippen LogP contribution in [0.25, 0.3) is 6.08 Å². The summed E-state index contributed by atoms with van der Waals surface area (Å²) in [6.07, 6.45) is 1.52. The van der Waals surface area contributed by atoms with Gasteiger partial charge < -0.3 is 4.74 Å². The molecule has 0 heterocycles. The van der Waals surface area contributed by atoms with Gasteiger partial charge in [-0.05, 0) is 29.8 Å². The van der Waals surface area contributed by atoms with E-state index in [0.717, 1.165) is 11.0 Å². The van der Waals surface area contributed by atoms with Gasteiger partial charge in [0.15, 0.2) is 0 Å². The van der Waals surface area contributed by atoms with Crippen LogP contribution in [0.3, 0.4) is 0 Å². The predicted octanol–water partition coefficient (Wildman–Crippen LogP) is 3.76. The second-order valence-corrected chi connectivity index (χ2v) is 6.18. The molecule has 2 aromatic rings. The normalized spacial score (nSPS) is 11.5. The Hall–Kier alpha value is -1.98. The number of methoxy groups -OCH3 is 1. The minimum Gasteiger partial charge on any atom is -0.495 e. The molecule has 0 saturated carbocycles. The lowest BCUT2D eigenvalue weighted by atomic mass is 10.2. The molecule has 0 atom stereocenters. The molecule has 0 amide bonds. The number of nitrogens with one attached hydrogen (secondary N) is 1. The zero-order valence-electron chi connectivity index (χ0n) is 11.3. The largest absolute Gasteiger partial charge is 0.495 e. The van der Waals surface area contributed by atoms with Crippen molar-refractivity contribution in [3.05, 3.63) is 64.5 Å². The van der Waals surface area contributed by atoms with Gasteiger partial charge in [0.2, 0.25) is 0 Å². The Morgan fingerprint density at radius 3 is 2.48 bits per heavy atom. The average molecular weight is 324 g/mol. The second kappa shape index (κ2) is 6.65. The number of anilines is 1. The van der Waals surface area contributed by atoms with Gasteiger partial charge in [0.25, 0.3) is 10.0 Å². The van der Waals surface area contributed by atoms with Crippen molar-refractivity contribution in [2.75, 3.05) is 11.8 Å².